The van der Waals surface area contributed by atoms with Crippen LogP contribution < -0.4 is 5.32 Å². The number of methoxy groups -OCH3 is 1. The molecule has 16 heavy (non-hydrogen) atoms. The Kier molecular flexibility index (Phi) is 4.70. The Morgan fingerprint density at radius 2 is 2.38 bits per heavy atom. The summed E-state index contributed by atoms with van der Waals surface area (Å²) < 4.78 is 4.59. The first-order valence-corrected chi connectivity index (χ1v) is 5.77. The summed E-state index contributed by atoms with van der Waals surface area (Å²) in [7, 11) is 1.30. The highest BCUT2D eigenvalue weighted by Crippen LogP contribution is 2.14. The summed E-state index contributed by atoms with van der Waals surface area (Å²) in [4.78, 5) is 13.5. The number of nitrogens with one attached hydrogen (secondary N) is 1. The van der Waals surface area contributed by atoms with Gasteiger partial charge in [-0.25, -0.2) is 4.79 Å². The predicted octanol–water partition coefficient (Wildman–Crippen LogP) is -0.406. The van der Waals surface area contributed by atoms with Crippen LogP contribution in [0, 0.1) is 0 Å². The third-order valence-electron chi connectivity index (χ3n) is 3.09. The summed E-state index contributed by atoms with van der Waals surface area (Å²) in [6, 6.07) is 0.404. The molecule has 1 aliphatic heterocycles. The van der Waals surface area contributed by atoms with E-state index in [2.05, 4.69) is 15.0 Å². The van der Waals surface area contributed by atoms with Crippen molar-refractivity contribution in [2.75, 3.05) is 33.3 Å². The van der Waals surface area contributed by atoms with Crippen molar-refractivity contribution in [2.24, 2.45) is 0 Å². The zero-order chi connectivity index (χ0) is 12.2. The van der Waals surface area contributed by atoms with E-state index in [1.165, 1.54) is 14.0 Å². The van der Waals surface area contributed by atoms with Gasteiger partial charge in [0.25, 0.3) is 0 Å². The van der Waals surface area contributed by atoms with Crippen LogP contribution in [0.5, 0.6) is 0 Å². The first-order valence-electron chi connectivity index (χ1n) is 5.77. The Morgan fingerprint density at radius 3 is 2.81 bits per heavy atom. The van der Waals surface area contributed by atoms with Gasteiger partial charge in [-0.05, 0) is 26.4 Å². The number of aliphatic hydroxyl groups is 1. The molecule has 2 unspecified atom stereocenters. The van der Waals surface area contributed by atoms with Crippen molar-refractivity contribution in [3.05, 3.63) is 0 Å². The molecule has 5 heteroatoms. The third-order valence-corrected chi connectivity index (χ3v) is 3.09. The lowest BCUT2D eigenvalue weighted by atomic mass is 10.1. The molecule has 0 radical (unpaired) electrons. The van der Waals surface area contributed by atoms with E-state index in [0.29, 0.717) is 12.6 Å². The number of esters is 1. The monoisotopic (exact) mass is 230 g/mol. The first kappa shape index (κ1) is 13.4. The van der Waals surface area contributed by atoms with Crippen molar-refractivity contribution in [3.8, 4) is 0 Å². The summed E-state index contributed by atoms with van der Waals surface area (Å²) in [5.41, 5.74) is -1.42. The molecule has 0 aromatic rings. The van der Waals surface area contributed by atoms with E-state index in [1.54, 1.807) is 0 Å². The standard InChI is InChI=1S/C11H22N2O3/c1-4-13(9-5-6-12-7-9)8-11(2,15)10(14)16-3/h9,12,15H,4-8H2,1-3H3. The number of likely N-dealkylation sites (N-methyl/N-ethyl adjacent to an activating group) is 1. The van der Waals surface area contributed by atoms with Crippen LogP contribution in [-0.2, 0) is 9.53 Å². The van der Waals surface area contributed by atoms with Gasteiger partial charge in [-0.1, -0.05) is 6.92 Å². The first-order chi connectivity index (χ1) is 7.51. The fourth-order valence-electron chi connectivity index (χ4n) is 2.13. The molecular weight excluding hydrogens is 208 g/mol. The molecule has 0 spiro atoms. The minimum absolute atomic E-state index is 0.322. The lowest BCUT2D eigenvalue weighted by molar-refractivity contribution is -0.162. The van der Waals surface area contributed by atoms with Gasteiger partial charge >= 0.3 is 5.97 Å². The molecular formula is C11H22N2O3. The molecule has 0 aromatic heterocycles. The van der Waals surface area contributed by atoms with E-state index in [9.17, 15) is 9.90 Å². The average Bonchev–Trinajstić information content (AvgIpc) is 2.78. The molecule has 0 aliphatic carbocycles. The fourth-order valence-corrected chi connectivity index (χ4v) is 2.13. The molecule has 1 saturated heterocycles. The van der Waals surface area contributed by atoms with Crippen LogP contribution in [0.4, 0.5) is 0 Å². The van der Waals surface area contributed by atoms with Gasteiger partial charge < -0.3 is 15.2 Å². The van der Waals surface area contributed by atoms with Crippen molar-refractivity contribution in [1.29, 1.82) is 0 Å². The van der Waals surface area contributed by atoms with Gasteiger partial charge in [-0.2, -0.15) is 0 Å². The second kappa shape index (κ2) is 5.61. The summed E-state index contributed by atoms with van der Waals surface area (Å²) in [5, 5.41) is 13.3. The Morgan fingerprint density at radius 1 is 1.69 bits per heavy atom. The van der Waals surface area contributed by atoms with Gasteiger partial charge in [-0.3, -0.25) is 4.90 Å². The summed E-state index contributed by atoms with van der Waals surface area (Å²) in [5.74, 6) is -0.572. The number of hydrogen-bond acceptors (Lipinski definition) is 5. The van der Waals surface area contributed by atoms with E-state index < -0.39 is 11.6 Å². The molecule has 1 aliphatic rings. The van der Waals surface area contributed by atoms with Gasteiger partial charge in [0.15, 0.2) is 5.60 Å². The van der Waals surface area contributed by atoms with Gasteiger partial charge in [0.1, 0.15) is 0 Å². The Balaban J connectivity index is 2.57. The van der Waals surface area contributed by atoms with Crippen LogP contribution in [0.1, 0.15) is 20.3 Å². The second-order valence-electron chi connectivity index (χ2n) is 4.48. The summed E-state index contributed by atoms with van der Waals surface area (Å²) >= 11 is 0. The second-order valence-corrected chi connectivity index (χ2v) is 4.48. The van der Waals surface area contributed by atoms with Crippen molar-refractivity contribution in [1.82, 2.24) is 10.2 Å². The number of carbonyl (C=O) groups excluding carboxylic acids is 1. The number of hydrogen-bond donors (Lipinski definition) is 2. The highest BCUT2D eigenvalue weighted by atomic mass is 16.5. The predicted molar refractivity (Wildman–Crippen MR) is 61.2 cm³/mol. The van der Waals surface area contributed by atoms with Crippen LogP contribution in [0.25, 0.3) is 0 Å². The molecule has 0 bridgehead atoms. The number of nitrogens with zero attached hydrogens (tertiary/aromatic N) is 1. The van der Waals surface area contributed by atoms with Gasteiger partial charge in [-0.15, -0.1) is 0 Å². The van der Waals surface area contributed by atoms with Crippen LogP contribution in [0.2, 0.25) is 0 Å². The fraction of sp³-hybridized carbons (Fsp3) is 0.909. The molecule has 0 saturated carbocycles. The van der Waals surface area contributed by atoms with Gasteiger partial charge in [0.05, 0.1) is 7.11 Å². The zero-order valence-electron chi connectivity index (χ0n) is 10.3. The molecule has 5 nitrogen and oxygen atoms in total. The molecule has 2 atom stereocenters. The van der Waals surface area contributed by atoms with Crippen molar-refractivity contribution in [3.63, 3.8) is 0 Å². The maximum Gasteiger partial charge on any atom is 0.338 e. The minimum atomic E-state index is -1.42. The van der Waals surface area contributed by atoms with Crippen LogP contribution in [0.15, 0.2) is 0 Å². The third kappa shape index (κ3) is 3.17. The van der Waals surface area contributed by atoms with Crippen LogP contribution in [0.3, 0.4) is 0 Å². The van der Waals surface area contributed by atoms with E-state index in [4.69, 9.17) is 0 Å². The quantitative estimate of drug-likeness (QED) is 0.629. The number of ether oxygens (including phenoxy) is 1. The average molecular weight is 230 g/mol. The Hall–Kier alpha value is -0.650. The molecule has 94 valence electrons. The van der Waals surface area contributed by atoms with E-state index in [0.717, 1.165) is 26.1 Å². The van der Waals surface area contributed by atoms with E-state index >= 15 is 0 Å². The smallest absolute Gasteiger partial charge is 0.338 e. The molecule has 2 N–H and O–H groups in total. The Labute approximate surface area is 96.8 Å². The lowest BCUT2D eigenvalue weighted by Crippen LogP contribution is -2.51. The molecule has 0 amide bonds. The maximum absolute atomic E-state index is 11.4. The normalized spacial score (nSPS) is 24.4. The van der Waals surface area contributed by atoms with Gasteiger partial charge in [0.2, 0.25) is 0 Å². The molecule has 1 fully saturated rings. The van der Waals surface area contributed by atoms with E-state index in [-0.39, 0.29) is 0 Å². The zero-order valence-corrected chi connectivity index (χ0v) is 10.3. The molecule has 0 aromatic carbocycles. The summed E-state index contributed by atoms with van der Waals surface area (Å²) in [6.07, 6.45) is 1.06. The topological polar surface area (TPSA) is 61.8 Å². The van der Waals surface area contributed by atoms with E-state index in [1.807, 2.05) is 6.92 Å². The minimum Gasteiger partial charge on any atom is -0.467 e. The summed E-state index contributed by atoms with van der Waals surface area (Å²) in [6.45, 7) is 6.60. The maximum atomic E-state index is 11.4. The Bertz CT molecular complexity index is 237. The van der Waals surface area contributed by atoms with Crippen LogP contribution in [-0.4, -0.2) is 60.9 Å². The van der Waals surface area contributed by atoms with Crippen molar-refractivity contribution in [2.45, 2.75) is 31.9 Å². The van der Waals surface area contributed by atoms with Crippen molar-refractivity contribution >= 4 is 5.97 Å². The highest BCUT2D eigenvalue weighted by molar-refractivity contribution is 5.78. The largest absolute Gasteiger partial charge is 0.467 e. The highest BCUT2D eigenvalue weighted by Gasteiger charge is 2.35. The van der Waals surface area contributed by atoms with Crippen molar-refractivity contribution < 1.29 is 14.6 Å². The van der Waals surface area contributed by atoms with Crippen LogP contribution >= 0.6 is 0 Å². The number of carbonyl (C=O) groups is 1. The molecule has 1 rings (SSSR count). The van der Waals surface area contributed by atoms with Gasteiger partial charge in [0, 0.05) is 19.1 Å². The number of rotatable bonds is 5. The molecule has 1 heterocycles. The SMILES string of the molecule is CCN(CC(C)(O)C(=O)OC)C1CCNC1. The lowest BCUT2D eigenvalue weighted by Gasteiger charge is -2.32.